The van der Waals surface area contributed by atoms with E-state index in [1.54, 1.807) is 24.8 Å². The Morgan fingerprint density at radius 3 is 2.48 bits per heavy atom. The molecule has 3 heterocycles. The van der Waals surface area contributed by atoms with E-state index >= 15 is 0 Å². The first-order valence-corrected chi connectivity index (χ1v) is 8.57. The quantitative estimate of drug-likeness (QED) is 0.852. The summed E-state index contributed by atoms with van der Waals surface area (Å²) in [6, 6.07) is 1.59. The van der Waals surface area contributed by atoms with Crippen LogP contribution in [-0.2, 0) is 10.0 Å². The number of rotatable bonds is 3. The number of aryl methyl sites for hydroxylation is 2. The molecule has 1 fully saturated rings. The number of nitrogens with one attached hydrogen (secondary N) is 1. The van der Waals surface area contributed by atoms with E-state index in [0.29, 0.717) is 24.5 Å². The van der Waals surface area contributed by atoms with E-state index in [2.05, 4.69) is 15.4 Å². The van der Waals surface area contributed by atoms with Gasteiger partial charge in [0.25, 0.3) is 5.91 Å². The summed E-state index contributed by atoms with van der Waals surface area (Å²) in [5.74, 6) is 0.0929. The monoisotopic (exact) mass is 339 g/mol. The van der Waals surface area contributed by atoms with Crippen LogP contribution in [0.5, 0.6) is 0 Å². The predicted octanol–water partition coefficient (Wildman–Crippen LogP) is 0.161. The van der Waals surface area contributed by atoms with Crippen LogP contribution in [0, 0.1) is 13.8 Å². The molecule has 124 valence electrons. The van der Waals surface area contributed by atoms with Crippen LogP contribution < -0.4 is 0 Å². The summed E-state index contributed by atoms with van der Waals surface area (Å²) >= 11 is 0. The molecule has 1 amide bonds. The molecule has 0 aliphatic carbocycles. The smallest absolute Gasteiger partial charge is 0.271 e. The van der Waals surface area contributed by atoms with Crippen molar-refractivity contribution in [3.63, 3.8) is 0 Å². The van der Waals surface area contributed by atoms with Gasteiger partial charge < -0.3 is 9.42 Å². The number of aromatic amines is 1. The van der Waals surface area contributed by atoms with Gasteiger partial charge in [0.1, 0.15) is 16.3 Å². The lowest BCUT2D eigenvalue weighted by Crippen LogP contribution is -2.50. The minimum atomic E-state index is -3.66. The Hall–Kier alpha value is -2.20. The molecule has 1 N–H and O–H groups in total. The summed E-state index contributed by atoms with van der Waals surface area (Å²) in [6.07, 6.45) is 1.51. The Bertz CT molecular complexity index is 784. The molecule has 23 heavy (non-hydrogen) atoms. The molecule has 10 heteroatoms. The second kappa shape index (κ2) is 5.78. The lowest BCUT2D eigenvalue weighted by Gasteiger charge is -2.33. The van der Waals surface area contributed by atoms with Gasteiger partial charge in [0, 0.05) is 32.4 Å². The molecule has 0 spiro atoms. The van der Waals surface area contributed by atoms with Crippen molar-refractivity contribution in [2.45, 2.75) is 18.7 Å². The minimum absolute atomic E-state index is 0.117. The third-order valence-electron chi connectivity index (χ3n) is 3.82. The van der Waals surface area contributed by atoms with E-state index < -0.39 is 10.0 Å². The molecule has 0 radical (unpaired) electrons. The van der Waals surface area contributed by atoms with Crippen molar-refractivity contribution in [3.05, 3.63) is 29.4 Å². The van der Waals surface area contributed by atoms with Crippen LogP contribution in [0.1, 0.15) is 21.9 Å². The van der Waals surface area contributed by atoms with Crippen molar-refractivity contribution in [3.8, 4) is 0 Å². The van der Waals surface area contributed by atoms with Gasteiger partial charge >= 0.3 is 0 Å². The highest BCUT2D eigenvalue weighted by Gasteiger charge is 2.34. The highest BCUT2D eigenvalue weighted by molar-refractivity contribution is 7.89. The summed E-state index contributed by atoms with van der Waals surface area (Å²) in [5.41, 5.74) is 0.741. The average molecular weight is 339 g/mol. The molecule has 1 aliphatic rings. The highest BCUT2D eigenvalue weighted by Crippen LogP contribution is 2.24. The van der Waals surface area contributed by atoms with Crippen molar-refractivity contribution < 1.29 is 17.7 Å². The Morgan fingerprint density at radius 1 is 1.26 bits per heavy atom. The SMILES string of the molecule is Cc1noc(C)c1S(=O)(=O)N1CCN(C(=O)c2ccn[nH]2)CC1. The number of carbonyl (C=O) groups is 1. The number of amides is 1. The van der Waals surface area contributed by atoms with Gasteiger partial charge in [-0.3, -0.25) is 9.89 Å². The van der Waals surface area contributed by atoms with Crippen molar-refractivity contribution in [1.82, 2.24) is 24.6 Å². The van der Waals surface area contributed by atoms with Gasteiger partial charge in [0.15, 0.2) is 5.76 Å². The maximum atomic E-state index is 12.7. The molecule has 0 bridgehead atoms. The van der Waals surface area contributed by atoms with Gasteiger partial charge in [0.05, 0.1) is 0 Å². The highest BCUT2D eigenvalue weighted by atomic mass is 32.2. The number of hydrogen-bond donors (Lipinski definition) is 1. The lowest BCUT2D eigenvalue weighted by atomic mass is 10.3. The molecular formula is C13H17N5O4S. The fraction of sp³-hybridized carbons (Fsp3) is 0.462. The number of sulfonamides is 1. The third kappa shape index (κ3) is 2.75. The molecule has 1 saturated heterocycles. The summed E-state index contributed by atoms with van der Waals surface area (Å²) in [4.78, 5) is 13.9. The predicted molar refractivity (Wildman–Crippen MR) is 79.2 cm³/mol. The van der Waals surface area contributed by atoms with Gasteiger partial charge in [0.2, 0.25) is 10.0 Å². The number of carbonyl (C=O) groups excluding carboxylic acids is 1. The molecule has 0 saturated carbocycles. The molecule has 2 aromatic rings. The first-order valence-electron chi connectivity index (χ1n) is 7.13. The maximum Gasteiger partial charge on any atom is 0.271 e. The summed E-state index contributed by atoms with van der Waals surface area (Å²) in [5, 5.41) is 10.1. The average Bonchev–Trinajstić information content (AvgIpc) is 3.17. The molecule has 3 rings (SSSR count). The zero-order valence-electron chi connectivity index (χ0n) is 12.8. The van der Waals surface area contributed by atoms with E-state index in [0.717, 1.165) is 0 Å². The number of hydrogen-bond acceptors (Lipinski definition) is 6. The number of H-pyrrole nitrogens is 1. The van der Waals surface area contributed by atoms with E-state index in [-0.39, 0.29) is 29.7 Å². The van der Waals surface area contributed by atoms with Crippen molar-refractivity contribution >= 4 is 15.9 Å². The molecular weight excluding hydrogens is 322 g/mol. The molecule has 2 aromatic heterocycles. The first kappa shape index (κ1) is 15.7. The molecule has 9 nitrogen and oxygen atoms in total. The zero-order chi connectivity index (χ0) is 16.6. The van der Waals surface area contributed by atoms with Crippen LogP contribution in [0.15, 0.2) is 21.7 Å². The second-order valence-corrected chi connectivity index (χ2v) is 7.19. The third-order valence-corrected chi connectivity index (χ3v) is 5.97. The van der Waals surface area contributed by atoms with Crippen LogP contribution in [0.4, 0.5) is 0 Å². The number of piperazine rings is 1. The van der Waals surface area contributed by atoms with Gasteiger partial charge in [-0.2, -0.15) is 9.40 Å². The molecule has 0 unspecified atom stereocenters. The fourth-order valence-corrected chi connectivity index (χ4v) is 4.36. The second-order valence-electron chi connectivity index (χ2n) is 5.32. The van der Waals surface area contributed by atoms with Crippen molar-refractivity contribution in [2.24, 2.45) is 0 Å². The Labute approximate surface area is 133 Å². The van der Waals surface area contributed by atoms with Crippen molar-refractivity contribution in [1.29, 1.82) is 0 Å². The molecule has 0 atom stereocenters. The lowest BCUT2D eigenvalue weighted by molar-refractivity contribution is 0.0692. The number of aromatic nitrogens is 3. The van der Waals surface area contributed by atoms with Gasteiger partial charge in [-0.15, -0.1) is 0 Å². The summed E-state index contributed by atoms with van der Waals surface area (Å²) < 4.78 is 31.7. The van der Waals surface area contributed by atoms with E-state index in [1.807, 2.05) is 0 Å². The van der Waals surface area contributed by atoms with Crippen molar-refractivity contribution in [2.75, 3.05) is 26.2 Å². The first-order chi connectivity index (χ1) is 10.9. The van der Waals surface area contributed by atoms with Crippen LogP contribution >= 0.6 is 0 Å². The van der Waals surface area contributed by atoms with Crippen LogP contribution in [0.3, 0.4) is 0 Å². The van der Waals surface area contributed by atoms with Gasteiger partial charge in [-0.25, -0.2) is 8.42 Å². The number of nitrogens with zero attached hydrogens (tertiary/aromatic N) is 4. The molecule has 0 aromatic carbocycles. The van der Waals surface area contributed by atoms with Crippen LogP contribution in [-0.4, -0.2) is 65.1 Å². The Morgan fingerprint density at radius 2 is 1.96 bits per heavy atom. The largest absolute Gasteiger partial charge is 0.360 e. The van der Waals surface area contributed by atoms with E-state index in [9.17, 15) is 13.2 Å². The normalized spacial score (nSPS) is 16.7. The maximum absolute atomic E-state index is 12.7. The fourth-order valence-electron chi connectivity index (χ4n) is 2.65. The zero-order valence-corrected chi connectivity index (χ0v) is 13.6. The summed E-state index contributed by atoms with van der Waals surface area (Å²) in [7, 11) is -3.66. The van der Waals surface area contributed by atoms with E-state index in [4.69, 9.17) is 4.52 Å². The Kier molecular flexibility index (Phi) is 3.94. The Balaban J connectivity index is 1.73. The van der Waals surface area contributed by atoms with Gasteiger partial charge in [-0.05, 0) is 19.9 Å². The topological polar surface area (TPSA) is 112 Å². The van der Waals surface area contributed by atoms with Crippen LogP contribution in [0.25, 0.3) is 0 Å². The minimum Gasteiger partial charge on any atom is -0.360 e. The van der Waals surface area contributed by atoms with E-state index in [1.165, 1.54) is 10.5 Å². The summed E-state index contributed by atoms with van der Waals surface area (Å²) in [6.45, 7) is 4.27. The van der Waals surface area contributed by atoms with Gasteiger partial charge in [-0.1, -0.05) is 5.16 Å². The van der Waals surface area contributed by atoms with Crippen LogP contribution in [0.2, 0.25) is 0 Å². The standard InChI is InChI=1S/C13H17N5O4S/c1-9-12(10(2)22-16-9)23(20,21)18-7-5-17(6-8-18)13(19)11-3-4-14-15-11/h3-4H,5-8H2,1-2H3,(H,14,15). The molecule has 1 aliphatic heterocycles.